The molecule has 0 amide bonds. The second-order valence-corrected chi connectivity index (χ2v) is 3.67. The summed E-state index contributed by atoms with van der Waals surface area (Å²) in [4.78, 5) is 0. The van der Waals surface area contributed by atoms with Crippen LogP contribution in [0.5, 0.6) is 0 Å². The Kier molecular flexibility index (Phi) is 2.51. The van der Waals surface area contributed by atoms with Crippen LogP contribution in [0.3, 0.4) is 0 Å². The molecule has 0 aromatic heterocycles. The number of nitrogens with two attached hydrogens (primary N) is 1. The third-order valence-electron chi connectivity index (χ3n) is 0.750. The van der Waals surface area contributed by atoms with Crippen molar-refractivity contribution in [1.82, 2.24) is 0 Å². The molecule has 0 aromatic carbocycles. The summed E-state index contributed by atoms with van der Waals surface area (Å²) in [6, 6.07) is 0. The highest BCUT2D eigenvalue weighted by atomic mass is 31.2. The molecule has 0 saturated carbocycles. The summed E-state index contributed by atoms with van der Waals surface area (Å²) in [6.07, 6.45) is 0.406. The summed E-state index contributed by atoms with van der Waals surface area (Å²) in [5, 5.41) is 0. The minimum Gasteiger partial charge on any atom is -0.321 e. The zero-order chi connectivity index (χ0) is 5.91. The third kappa shape index (κ3) is 2.80. The van der Waals surface area contributed by atoms with Gasteiger partial charge in [0.05, 0.1) is 0 Å². The Morgan fingerprint density at radius 3 is 2.29 bits per heavy atom. The number of rotatable bonds is 2. The van der Waals surface area contributed by atoms with Crippen molar-refractivity contribution in [3.63, 3.8) is 0 Å². The van der Waals surface area contributed by atoms with E-state index in [1.807, 2.05) is 0 Å². The van der Waals surface area contributed by atoms with E-state index in [4.69, 9.17) is 5.50 Å². The smallest absolute Gasteiger partial charge is 0.266 e. The fourth-order valence-electron chi connectivity index (χ4n) is 0.129. The topological polar surface area (TPSA) is 52.3 Å². The second kappa shape index (κ2) is 2.46. The Hall–Kier alpha value is 0.150. The fourth-order valence-corrected chi connectivity index (χ4v) is 0.387. The molecule has 0 aliphatic heterocycles. The first-order valence-corrected chi connectivity index (χ1v) is 3.93. The summed E-state index contributed by atoms with van der Waals surface area (Å²) in [7, 11) is -1.30. The van der Waals surface area contributed by atoms with Gasteiger partial charge in [-0.15, -0.1) is 0 Å². The maximum absolute atomic E-state index is 10.5. The van der Waals surface area contributed by atoms with E-state index in [-0.39, 0.29) is 0 Å². The van der Waals surface area contributed by atoms with E-state index in [1.165, 1.54) is 7.11 Å². The first kappa shape index (κ1) is 7.15. The van der Waals surface area contributed by atoms with Crippen LogP contribution in [0.2, 0.25) is 0 Å². The lowest BCUT2D eigenvalue weighted by molar-refractivity contribution is 0.395. The lowest BCUT2D eigenvalue weighted by Gasteiger charge is -2.03. The molecule has 0 saturated heterocycles. The van der Waals surface area contributed by atoms with Crippen molar-refractivity contribution >= 4 is 7.52 Å². The molecule has 1 unspecified atom stereocenters. The van der Waals surface area contributed by atoms with Crippen LogP contribution in [0, 0.1) is 0 Å². The van der Waals surface area contributed by atoms with Crippen molar-refractivity contribution < 1.29 is 9.09 Å². The van der Waals surface area contributed by atoms with Crippen molar-refractivity contribution in [3.8, 4) is 0 Å². The Balaban J connectivity index is 3.61. The van der Waals surface area contributed by atoms with Crippen LogP contribution in [0.1, 0.15) is 6.92 Å². The molecular formula is C3H10NO2P. The van der Waals surface area contributed by atoms with Gasteiger partial charge in [-0.2, -0.15) is 0 Å². The summed E-state index contributed by atoms with van der Waals surface area (Å²) in [5.41, 5.74) is 5.05. The Morgan fingerprint density at radius 2 is 2.29 bits per heavy atom. The van der Waals surface area contributed by atoms with E-state index >= 15 is 0 Å². The lowest BCUT2D eigenvalue weighted by atomic mass is 11.0. The molecule has 0 bridgehead atoms. The van der Waals surface area contributed by atoms with Crippen LogP contribution in [-0.2, 0) is 9.09 Å². The standard InChI is InChI=1S/C3H10NO2P/c1-3-7(4,5)6-2/h3H2,1-2H3,(H2,4,5). The maximum atomic E-state index is 10.5. The van der Waals surface area contributed by atoms with Crippen LogP contribution < -0.4 is 5.50 Å². The van der Waals surface area contributed by atoms with E-state index in [2.05, 4.69) is 4.52 Å². The summed E-state index contributed by atoms with van der Waals surface area (Å²) in [6.45, 7) is 1.73. The molecule has 1 atom stereocenters. The van der Waals surface area contributed by atoms with Gasteiger partial charge in [0.25, 0.3) is 7.52 Å². The van der Waals surface area contributed by atoms with Crippen LogP contribution in [0.25, 0.3) is 0 Å². The van der Waals surface area contributed by atoms with E-state index in [9.17, 15) is 4.57 Å². The summed E-state index contributed by atoms with van der Waals surface area (Å²) < 4.78 is 14.9. The predicted octanol–water partition coefficient (Wildman–Crippen LogP) is 0.804. The van der Waals surface area contributed by atoms with Gasteiger partial charge in [0, 0.05) is 13.3 Å². The van der Waals surface area contributed by atoms with Crippen molar-refractivity contribution in [1.29, 1.82) is 0 Å². The zero-order valence-electron chi connectivity index (χ0n) is 4.55. The van der Waals surface area contributed by atoms with E-state index < -0.39 is 7.52 Å². The molecule has 2 N–H and O–H groups in total. The van der Waals surface area contributed by atoms with Gasteiger partial charge in [0.2, 0.25) is 0 Å². The minimum absolute atomic E-state index is 0.406. The molecule has 0 aliphatic rings. The molecule has 0 rings (SSSR count). The largest absolute Gasteiger partial charge is 0.321 e. The van der Waals surface area contributed by atoms with Gasteiger partial charge in [-0.25, -0.2) is 0 Å². The highest BCUT2D eigenvalue weighted by Gasteiger charge is 2.07. The lowest BCUT2D eigenvalue weighted by Crippen LogP contribution is -1.97. The highest BCUT2D eigenvalue weighted by Crippen LogP contribution is 2.34. The first-order valence-electron chi connectivity index (χ1n) is 2.05. The van der Waals surface area contributed by atoms with Crippen LogP contribution in [-0.4, -0.2) is 13.3 Å². The van der Waals surface area contributed by atoms with Crippen molar-refractivity contribution in [2.75, 3.05) is 13.3 Å². The van der Waals surface area contributed by atoms with Crippen molar-refractivity contribution in [2.24, 2.45) is 5.50 Å². The van der Waals surface area contributed by atoms with Crippen LogP contribution in [0.15, 0.2) is 0 Å². The molecule has 4 heteroatoms. The molecule has 0 aliphatic carbocycles. The fraction of sp³-hybridized carbons (Fsp3) is 1.00. The summed E-state index contributed by atoms with van der Waals surface area (Å²) in [5.74, 6) is 0. The highest BCUT2D eigenvalue weighted by molar-refractivity contribution is 7.56. The molecule has 0 radical (unpaired) electrons. The van der Waals surface area contributed by atoms with Gasteiger partial charge in [-0.3, -0.25) is 10.1 Å². The van der Waals surface area contributed by atoms with Gasteiger partial charge in [-0.05, 0) is 0 Å². The van der Waals surface area contributed by atoms with Gasteiger partial charge in [0.15, 0.2) is 0 Å². The molecule has 0 fully saturated rings. The monoisotopic (exact) mass is 123 g/mol. The SMILES string of the molecule is CCP(N)(=O)OC. The Bertz CT molecular complexity index is 84.9. The van der Waals surface area contributed by atoms with Gasteiger partial charge < -0.3 is 4.52 Å². The first-order chi connectivity index (χ1) is 3.12. The molecule has 0 spiro atoms. The summed E-state index contributed by atoms with van der Waals surface area (Å²) >= 11 is 0. The number of hydrogen-bond donors (Lipinski definition) is 1. The van der Waals surface area contributed by atoms with Crippen molar-refractivity contribution in [3.05, 3.63) is 0 Å². The van der Waals surface area contributed by atoms with E-state index in [0.29, 0.717) is 6.16 Å². The maximum Gasteiger partial charge on any atom is 0.266 e. The quantitative estimate of drug-likeness (QED) is 0.552. The van der Waals surface area contributed by atoms with Crippen LogP contribution in [0.4, 0.5) is 0 Å². The number of hydrogen-bond acceptors (Lipinski definition) is 2. The Labute approximate surface area is 43.4 Å². The molecule has 3 nitrogen and oxygen atoms in total. The zero-order valence-corrected chi connectivity index (χ0v) is 5.44. The molecular weight excluding hydrogens is 113 g/mol. The minimum atomic E-state index is -2.65. The average molecular weight is 123 g/mol. The van der Waals surface area contributed by atoms with E-state index in [1.54, 1.807) is 6.92 Å². The van der Waals surface area contributed by atoms with Gasteiger partial charge in [-0.1, -0.05) is 6.92 Å². The third-order valence-corrected chi connectivity index (χ3v) is 2.25. The average Bonchev–Trinajstić information content (AvgIpc) is 1.68. The van der Waals surface area contributed by atoms with E-state index in [0.717, 1.165) is 0 Å². The van der Waals surface area contributed by atoms with Gasteiger partial charge in [0.1, 0.15) is 0 Å². The molecule has 0 heterocycles. The molecule has 44 valence electrons. The molecule has 7 heavy (non-hydrogen) atoms. The normalized spacial score (nSPS) is 18.7. The Morgan fingerprint density at radius 1 is 1.86 bits per heavy atom. The molecule has 0 aromatic rings. The van der Waals surface area contributed by atoms with Crippen molar-refractivity contribution in [2.45, 2.75) is 6.92 Å². The predicted molar refractivity (Wildman–Crippen MR) is 29.3 cm³/mol. The second-order valence-electron chi connectivity index (χ2n) is 1.22. The van der Waals surface area contributed by atoms with Gasteiger partial charge >= 0.3 is 0 Å². The van der Waals surface area contributed by atoms with Crippen LogP contribution >= 0.6 is 7.52 Å².